The number of methoxy groups -OCH3 is 1. The highest BCUT2D eigenvalue weighted by molar-refractivity contribution is 5.85. The molecule has 1 aliphatic heterocycles. The van der Waals surface area contributed by atoms with Crippen molar-refractivity contribution in [3.63, 3.8) is 0 Å². The topological polar surface area (TPSA) is 24.5 Å². The normalized spacial score (nSPS) is 20.0. The van der Waals surface area contributed by atoms with Crippen molar-refractivity contribution in [3.8, 4) is 5.75 Å². The molecule has 1 atom stereocenters. The van der Waals surface area contributed by atoms with Crippen LogP contribution < -0.4 is 10.1 Å². The molecule has 0 aromatic heterocycles. The molecule has 0 amide bonds. The molecule has 1 aromatic rings. The summed E-state index contributed by atoms with van der Waals surface area (Å²) in [5.41, 5.74) is 1.36. The molecule has 0 aliphatic carbocycles. The second-order valence-electron chi connectivity index (χ2n) is 4.36. The summed E-state index contributed by atoms with van der Waals surface area (Å²) in [6.07, 6.45) is 1.26. The number of nitrogens with zero attached hydrogens (tertiary/aromatic N) is 1. The fourth-order valence-corrected chi connectivity index (χ4v) is 2.20. The first kappa shape index (κ1) is 14.3. The lowest BCUT2D eigenvalue weighted by Gasteiger charge is -2.16. The van der Waals surface area contributed by atoms with E-state index in [-0.39, 0.29) is 12.4 Å². The molecule has 2 rings (SSSR count). The Bertz CT molecular complexity index is 329. The van der Waals surface area contributed by atoms with Gasteiger partial charge in [-0.1, -0.05) is 12.1 Å². The third-order valence-electron chi connectivity index (χ3n) is 3.25. The fraction of sp³-hybridized carbons (Fsp3) is 0.538. The fourth-order valence-electron chi connectivity index (χ4n) is 2.20. The molecule has 0 spiro atoms. The van der Waals surface area contributed by atoms with Crippen LogP contribution in [-0.4, -0.2) is 38.2 Å². The van der Waals surface area contributed by atoms with Crippen LogP contribution in [0, 0.1) is 0 Å². The van der Waals surface area contributed by atoms with Crippen LogP contribution in [0.1, 0.15) is 12.0 Å². The Hall–Kier alpha value is -0.770. The number of nitrogens with one attached hydrogen (secondary N) is 1. The highest BCUT2D eigenvalue weighted by Gasteiger charge is 2.20. The molecule has 1 aliphatic rings. The largest absolute Gasteiger partial charge is 0.497 e. The van der Waals surface area contributed by atoms with Crippen molar-refractivity contribution >= 4 is 12.4 Å². The highest BCUT2D eigenvalue weighted by Crippen LogP contribution is 2.16. The molecule has 1 N–H and O–H groups in total. The highest BCUT2D eigenvalue weighted by atomic mass is 35.5. The van der Waals surface area contributed by atoms with Crippen molar-refractivity contribution in [2.45, 2.75) is 19.0 Å². The van der Waals surface area contributed by atoms with Crippen LogP contribution in [0.3, 0.4) is 0 Å². The Kier molecular flexibility index (Phi) is 5.75. The molecule has 17 heavy (non-hydrogen) atoms. The maximum atomic E-state index is 5.15. The Labute approximate surface area is 110 Å². The minimum atomic E-state index is 0. The summed E-state index contributed by atoms with van der Waals surface area (Å²) in [4.78, 5) is 2.49. The van der Waals surface area contributed by atoms with Crippen LogP contribution in [0.25, 0.3) is 0 Å². The Morgan fingerprint density at radius 2 is 2.06 bits per heavy atom. The van der Waals surface area contributed by atoms with Crippen LogP contribution in [0.2, 0.25) is 0 Å². The number of likely N-dealkylation sites (tertiary alicyclic amines) is 1. The van der Waals surface area contributed by atoms with E-state index in [9.17, 15) is 0 Å². The van der Waals surface area contributed by atoms with Crippen LogP contribution in [-0.2, 0) is 6.54 Å². The van der Waals surface area contributed by atoms with Crippen molar-refractivity contribution in [2.24, 2.45) is 0 Å². The van der Waals surface area contributed by atoms with Gasteiger partial charge in [0.25, 0.3) is 0 Å². The van der Waals surface area contributed by atoms with Gasteiger partial charge in [0.05, 0.1) is 7.11 Å². The zero-order chi connectivity index (χ0) is 11.4. The van der Waals surface area contributed by atoms with Gasteiger partial charge in [-0.15, -0.1) is 12.4 Å². The van der Waals surface area contributed by atoms with E-state index in [1.165, 1.54) is 18.5 Å². The maximum Gasteiger partial charge on any atom is 0.118 e. The molecule has 0 bridgehead atoms. The van der Waals surface area contributed by atoms with Crippen LogP contribution in [0.15, 0.2) is 24.3 Å². The van der Waals surface area contributed by atoms with E-state index in [2.05, 4.69) is 22.3 Å². The van der Waals surface area contributed by atoms with Crippen molar-refractivity contribution < 1.29 is 4.74 Å². The Balaban J connectivity index is 0.00000144. The minimum absolute atomic E-state index is 0. The molecule has 1 fully saturated rings. The number of hydrogen-bond donors (Lipinski definition) is 1. The van der Waals surface area contributed by atoms with Gasteiger partial charge in [0.2, 0.25) is 0 Å². The lowest BCUT2D eigenvalue weighted by molar-refractivity contribution is 0.322. The van der Waals surface area contributed by atoms with Gasteiger partial charge in [0, 0.05) is 25.7 Å². The Morgan fingerprint density at radius 1 is 1.35 bits per heavy atom. The summed E-state index contributed by atoms with van der Waals surface area (Å²) in [5, 5.41) is 3.34. The van der Waals surface area contributed by atoms with Gasteiger partial charge in [0.1, 0.15) is 5.75 Å². The zero-order valence-corrected chi connectivity index (χ0v) is 11.3. The first-order valence-electron chi connectivity index (χ1n) is 5.84. The molecule has 0 radical (unpaired) electrons. The van der Waals surface area contributed by atoms with Crippen molar-refractivity contribution in [1.82, 2.24) is 10.2 Å². The van der Waals surface area contributed by atoms with Gasteiger partial charge in [-0.05, 0) is 31.2 Å². The smallest absolute Gasteiger partial charge is 0.118 e. The standard InChI is InChI=1S/C13H20N2O.ClH/c1-14-12-7-8-15(10-12)9-11-3-5-13(16-2)6-4-11;/h3-6,12,14H,7-10H2,1-2H3;1H. The van der Waals surface area contributed by atoms with E-state index < -0.39 is 0 Å². The van der Waals surface area contributed by atoms with E-state index >= 15 is 0 Å². The predicted octanol–water partition coefficient (Wildman–Crippen LogP) is 1.91. The van der Waals surface area contributed by atoms with Gasteiger partial charge >= 0.3 is 0 Å². The van der Waals surface area contributed by atoms with Crippen molar-refractivity contribution in [3.05, 3.63) is 29.8 Å². The summed E-state index contributed by atoms with van der Waals surface area (Å²) < 4.78 is 5.15. The summed E-state index contributed by atoms with van der Waals surface area (Å²) in [5.74, 6) is 0.929. The monoisotopic (exact) mass is 256 g/mol. The molecule has 1 saturated heterocycles. The number of ether oxygens (including phenoxy) is 1. The van der Waals surface area contributed by atoms with Gasteiger partial charge in [-0.3, -0.25) is 4.90 Å². The van der Waals surface area contributed by atoms with Gasteiger partial charge in [-0.25, -0.2) is 0 Å². The number of benzene rings is 1. The quantitative estimate of drug-likeness (QED) is 0.891. The SMILES string of the molecule is CNC1CCN(Cc2ccc(OC)cc2)C1.Cl. The number of hydrogen-bond acceptors (Lipinski definition) is 3. The number of likely N-dealkylation sites (N-methyl/N-ethyl adjacent to an activating group) is 1. The lowest BCUT2D eigenvalue weighted by Crippen LogP contribution is -2.29. The third kappa shape index (κ3) is 3.87. The van der Waals surface area contributed by atoms with Crippen LogP contribution >= 0.6 is 12.4 Å². The minimum Gasteiger partial charge on any atom is -0.497 e. The van der Waals surface area contributed by atoms with Crippen LogP contribution in [0.4, 0.5) is 0 Å². The van der Waals surface area contributed by atoms with Gasteiger partial charge < -0.3 is 10.1 Å². The number of halogens is 1. The van der Waals surface area contributed by atoms with E-state index in [1.807, 2.05) is 19.2 Å². The van der Waals surface area contributed by atoms with Gasteiger partial charge in [0.15, 0.2) is 0 Å². The second kappa shape index (κ2) is 6.84. The molecule has 96 valence electrons. The first-order chi connectivity index (χ1) is 7.81. The summed E-state index contributed by atoms with van der Waals surface area (Å²) in [6, 6.07) is 9.01. The Morgan fingerprint density at radius 3 is 2.59 bits per heavy atom. The number of rotatable bonds is 4. The average Bonchev–Trinajstić information content (AvgIpc) is 2.78. The molecular formula is C13H21ClN2O. The second-order valence-corrected chi connectivity index (χ2v) is 4.36. The molecule has 3 nitrogen and oxygen atoms in total. The predicted molar refractivity (Wildman–Crippen MR) is 73.0 cm³/mol. The van der Waals surface area contributed by atoms with E-state index in [1.54, 1.807) is 7.11 Å². The third-order valence-corrected chi connectivity index (χ3v) is 3.25. The molecular weight excluding hydrogens is 236 g/mol. The zero-order valence-electron chi connectivity index (χ0n) is 10.5. The average molecular weight is 257 g/mol. The summed E-state index contributed by atoms with van der Waals surface area (Å²) in [6.45, 7) is 3.39. The molecule has 1 unspecified atom stereocenters. The molecule has 1 heterocycles. The van der Waals surface area contributed by atoms with Crippen molar-refractivity contribution in [2.75, 3.05) is 27.2 Å². The van der Waals surface area contributed by atoms with E-state index in [0.717, 1.165) is 18.8 Å². The van der Waals surface area contributed by atoms with Crippen molar-refractivity contribution in [1.29, 1.82) is 0 Å². The first-order valence-corrected chi connectivity index (χ1v) is 5.84. The van der Waals surface area contributed by atoms with Gasteiger partial charge in [-0.2, -0.15) is 0 Å². The lowest BCUT2D eigenvalue weighted by atomic mass is 10.2. The summed E-state index contributed by atoms with van der Waals surface area (Å²) in [7, 11) is 3.74. The molecule has 1 aromatic carbocycles. The molecule has 0 saturated carbocycles. The maximum absolute atomic E-state index is 5.15. The van der Waals surface area contributed by atoms with Crippen LogP contribution in [0.5, 0.6) is 5.75 Å². The molecule has 4 heteroatoms. The van der Waals surface area contributed by atoms with E-state index in [0.29, 0.717) is 6.04 Å². The van der Waals surface area contributed by atoms with E-state index in [4.69, 9.17) is 4.74 Å². The summed E-state index contributed by atoms with van der Waals surface area (Å²) >= 11 is 0.